The van der Waals surface area contributed by atoms with Crippen LogP contribution in [0.4, 0.5) is 5.82 Å². The Labute approximate surface area is 137 Å². The molecule has 3 rings (SSSR count). The molecular weight excluding hydrogens is 318 g/mol. The number of thiophene rings is 1. The molecule has 3 aromatic rings. The predicted octanol–water partition coefficient (Wildman–Crippen LogP) is 4.19. The second kappa shape index (κ2) is 5.83. The van der Waals surface area contributed by atoms with E-state index in [9.17, 15) is 5.11 Å². The summed E-state index contributed by atoms with van der Waals surface area (Å²) in [5.41, 5.74) is 1.67. The Morgan fingerprint density at radius 3 is 2.64 bits per heavy atom. The van der Waals surface area contributed by atoms with Crippen molar-refractivity contribution >= 4 is 39.0 Å². The summed E-state index contributed by atoms with van der Waals surface area (Å²) in [6, 6.07) is 10.1. The van der Waals surface area contributed by atoms with Crippen molar-refractivity contribution in [3.8, 4) is 11.1 Å². The van der Waals surface area contributed by atoms with E-state index in [1.807, 2.05) is 32.0 Å². The molecule has 0 saturated heterocycles. The number of aliphatic hydroxyl groups excluding tert-OH is 1. The van der Waals surface area contributed by atoms with Crippen LogP contribution in [0, 0.1) is 0 Å². The fourth-order valence-electron chi connectivity index (χ4n) is 2.20. The minimum atomic E-state index is -0.499. The van der Waals surface area contributed by atoms with Gasteiger partial charge < -0.3 is 10.4 Å². The van der Waals surface area contributed by atoms with Crippen LogP contribution in [0.15, 0.2) is 35.7 Å². The fraction of sp³-hybridized carbons (Fsp3) is 0.250. The number of halogens is 1. The molecule has 0 aliphatic carbocycles. The Morgan fingerprint density at radius 2 is 1.95 bits per heavy atom. The first-order chi connectivity index (χ1) is 10.5. The summed E-state index contributed by atoms with van der Waals surface area (Å²) < 4.78 is 0. The lowest BCUT2D eigenvalue weighted by Gasteiger charge is -2.24. The summed E-state index contributed by atoms with van der Waals surface area (Å²) in [5, 5.41) is 16.0. The second-order valence-electron chi connectivity index (χ2n) is 5.70. The van der Waals surface area contributed by atoms with Crippen LogP contribution in [0.3, 0.4) is 0 Å². The van der Waals surface area contributed by atoms with Crippen LogP contribution in [0.25, 0.3) is 21.3 Å². The summed E-state index contributed by atoms with van der Waals surface area (Å²) in [4.78, 5) is 9.47. The number of rotatable bonds is 4. The molecule has 0 radical (unpaired) electrons. The lowest BCUT2D eigenvalue weighted by molar-refractivity contribution is 0.234. The van der Waals surface area contributed by atoms with Gasteiger partial charge in [-0.05, 0) is 31.0 Å². The number of benzene rings is 1. The van der Waals surface area contributed by atoms with Crippen molar-refractivity contribution in [3.63, 3.8) is 0 Å². The molecular formula is C16H16ClN3OS. The number of hydrogen-bond acceptors (Lipinski definition) is 5. The highest BCUT2D eigenvalue weighted by Gasteiger charge is 2.21. The molecule has 0 fully saturated rings. The Kier molecular flexibility index (Phi) is 4.04. The van der Waals surface area contributed by atoms with E-state index >= 15 is 0 Å². The van der Waals surface area contributed by atoms with E-state index in [-0.39, 0.29) is 11.9 Å². The molecule has 22 heavy (non-hydrogen) atoms. The smallest absolute Gasteiger partial charge is 0.225 e. The summed E-state index contributed by atoms with van der Waals surface area (Å²) >= 11 is 7.57. The highest BCUT2D eigenvalue weighted by Crippen LogP contribution is 2.38. The van der Waals surface area contributed by atoms with E-state index < -0.39 is 5.54 Å². The SMILES string of the molecule is CC(C)(CO)Nc1nc(Cl)nc2scc(-c3ccccc3)c12. The Morgan fingerprint density at radius 1 is 1.23 bits per heavy atom. The first-order valence-electron chi connectivity index (χ1n) is 6.89. The number of nitrogens with zero attached hydrogens (tertiary/aromatic N) is 2. The zero-order valence-corrected chi connectivity index (χ0v) is 13.9. The lowest BCUT2D eigenvalue weighted by Crippen LogP contribution is -2.35. The fourth-order valence-corrected chi connectivity index (χ4v) is 3.36. The number of anilines is 1. The van der Waals surface area contributed by atoms with E-state index in [0.717, 1.165) is 21.3 Å². The van der Waals surface area contributed by atoms with Gasteiger partial charge in [0.2, 0.25) is 5.28 Å². The van der Waals surface area contributed by atoms with Crippen LogP contribution >= 0.6 is 22.9 Å². The maximum Gasteiger partial charge on any atom is 0.225 e. The molecule has 0 bridgehead atoms. The molecule has 0 aliphatic rings. The molecule has 2 N–H and O–H groups in total. The molecule has 4 nitrogen and oxygen atoms in total. The van der Waals surface area contributed by atoms with E-state index in [1.165, 1.54) is 11.3 Å². The van der Waals surface area contributed by atoms with Gasteiger partial charge in [0.15, 0.2) is 0 Å². The molecule has 0 saturated carbocycles. The third-order valence-electron chi connectivity index (χ3n) is 3.34. The molecule has 1 aromatic carbocycles. The first-order valence-corrected chi connectivity index (χ1v) is 8.15. The molecule has 6 heteroatoms. The normalized spacial score (nSPS) is 11.8. The van der Waals surface area contributed by atoms with Gasteiger partial charge in [-0.1, -0.05) is 30.3 Å². The van der Waals surface area contributed by atoms with E-state index in [2.05, 4.69) is 32.8 Å². The molecule has 0 aliphatic heterocycles. The quantitative estimate of drug-likeness (QED) is 0.703. The van der Waals surface area contributed by atoms with Gasteiger partial charge in [-0.15, -0.1) is 11.3 Å². The van der Waals surface area contributed by atoms with E-state index in [4.69, 9.17) is 11.6 Å². The van der Waals surface area contributed by atoms with Gasteiger partial charge in [-0.25, -0.2) is 9.97 Å². The summed E-state index contributed by atoms with van der Waals surface area (Å²) in [7, 11) is 0. The molecule has 2 heterocycles. The first kappa shape index (κ1) is 15.2. The van der Waals surface area contributed by atoms with Gasteiger partial charge in [-0.3, -0.25) is 0 Å². The average molecular weight is 334 g/mol. The maximum atomic E-state index is 9.50. The average Bonchev–Trinajstić information content (AvgIpc) is 2.91. The van der Waals surface area contributed by atoms with Gasteiger partial charge in [0.05, 0.1) is 17.5 Å². The van der Waals surface area contributed by atoms with Crippen LogP contribution < -0.4 is 5.32 Å². The standard InChI is InChI=1S/C16H16ClN3OS/c1-16(2,9-21)20-13-12-11(10-6-4-3-5-7-10)8-22-14(12)19-15(17)18-13/h3-8,21H,9H2,1-2H3,(H,18,19,20). The molecule has 114 valence electrons. The minimum absolute atomic E-state index is 0.0130. The van der Waals surface area contributed by atoms with Crippen molar-refractivity contribution in [1.29, 1.82) is 0 Å². The van der Waals surface area contributed by atoms with Crippen LogP contribution in [0.2, 0.25) is 5.28 Å². The predicted molar refractivity (Wildman–Crippen MR) is 92.6 cm³/mol. The summed E-state index contributed by atoms with van der Waals surface area (Å²) in [6.07, 6.45) is 0. The Balaban J connectivity index is 2.20. The van der Waals surface area contributed by atoms with Gasteiger partial charge in [-0.2, -0.15) is 0 Å². The molecule has 0 amide bonds. The summed E-state index contributed by atoms with van der Waals surface area (Å²) in [5.74, 6) is 0.647. The largest absolute Gasteiger partial charge is 0.394 e. The lowest BCUT2D eigenvalue weighted by atomic mass is 10.0. The third kappa shape index (κ3) is 2.92. The molecule has 2 aromatic heterocycles. The highest BCUT2D eigenvalue weighted by atomic mass is 35.5. The number of fused-ring (bicyclic) bond motifs is 1. The Hall–Kier alpha value is -1.69. The van der Waals surface area contributed by atoms with Crippen molar-refractivity contribution < 1.29 is 5.11 Å². The Bertz CT molecular complexity index is 802. The van der Waals surface area contributed by atoms with Gasteiger partial charge in [0.25, 0.3) is 0 Å². The van der Waals surface area contributed by atoms with Crippen molar-refractivity contribution in [1.82, 2.24) is 9.97 Å². The number of hydrogen-bond donors (Lipinski definition) is 2. The zero-order valence-electron chi connectivity index (χ0n) is 12.3. The van der Waals surface area contributed by atoms with Crippen molar-refractivity contribution in [2.75, 3.05) is 11.9 Å². The van der Waals surface area contributed by atoms with Gasteiger partial charge in [0, 0.05) is 10.9 Å². The zero-order chi connectivity index (χ0) is 15.7. The van der Waals surface area contributed by atoms with Gasteiger partial charge in [0.1, 0.15) is 10.6 Å². The van der Waals surface area contributed by atoms with Crippen LogP contribution in [-0.2, 0) is 0 Å². The number of aromatic nitrogens is 2. The molecule has 0 spiro atoms. The van der Waals surface area contributed by atoms with E-state index in [0.29, 0.717) is 5.82 Å². The highest BCUT2D eigenvalue weighted by molar-refractivity contribution is 7.17. The maximum absolute atomic E-state index is 9.50. The summed E-state index contributed by atoms with van der Waals surface area (Å²) in [6.45, 7) is 3.80. The van der Waals surface area contributed by atoms with Crippen molar-refractivity contribution in [2.24, 2.45) is 0 Å². The van der Waals surface area contributed by atoms with Crippen molar-refractivity contribution in [2.45, 2.75) is 19.4 Å². The number of nitrogens with one attached hydrogen (secondary N) is 1. The monoisotopic (exact) mass is 333 g/mol. The van der Waals surface area contributed by atoms with Crippen LogP contribution in [0.5, 0.6) is 0 Å². The minimum Gasteiger partial charge on any atom is -0.394 e. The molecule has 0 unspecified atom stereocenters. The van der Waals surface area contributed by atoms with Gasteiger partial charge >= 0.3 is 0 Å². The van der Waals surface area contributed by atoms with Crippen molar-refractivity contribution in [3.05, 3.63) is 41.0 Å². The van der Waals surface area contributed by atoms with Crippen LogP contribution in [-0.4, -0.2) is 27.2 Å². The number of aliphatic hydroxyl groups is 1. The molecule has 0 atom stereocenters. The topological polar surface area (TPSA) is 58.0 Å². The second-order valence-corrected chi connectivity index (χ2v) is 6.90. The van der Waals surface area contributed by atoms with Crippen LogP contribution in [0.1, 0.15) is 13.8 Å². The third-order valence-corrected chi connectivity index (χ3v) is 4.38. The van der Waals surface area contributed by atoms with E-state index in [1.54, 1.807) is 0 Å².